The molecule has 0 N–H and O–H groups in total. The van der Waals surface area contributed by atoms with Crippen molar-refractivity contribution in [1.82, 2.24) is 9.97 Å². The molecule has 0 aromatic carbocycles. The van der Waals surface area contributed by atoms with E-state index in [1.807, 2.05) is 0 Å². The van der Waals surface area contributed by atoms with Gasteiger partial charge in [0, 0.05) is 18.0 Å². The maximum atomic E-state index is 6.29. The van der Waals surface area contributed by atoms with Crippen LogP contribution in [-0.2, 0) is 0 Å². The van der Waals surface area contributed by atoms with Crippen LogP contribution >= 0.6 is 22.9 Å². The van der Waals surface area contributed by atoms with Crippen molar-refractivity contribution in [3.05, 3.63) is 15.6 Å². The number of thiophene rings is 1. The monoisotopic (exact) mass is 267 g/mol. The fourth-order valence-corrected chi connectivity index (χ4v) is 3.64. The van der Waals surface area contributed by atoms with Crippen LogP contribution in [0.1, 0.15) is 23.3 Å². The van der Waals surface area contributed by atoms with Crippen LogP contribution in [0.15, 0.2) is 0 Å². The van der Waals surface area contributed by atoms with Gasteiger partial charge in [-0.3, -0.25) is 0 Å². The Labute approximate surface area is 109 Å². The Hall–Kier alpha value is -0.870. The zero-order valence-electron chi connectivity index (χ0n) is 9.96. The van der Waals surface area contributed by atoms with Crippen LogP contribution in [0.4, 0.5) is 5.95 Å². The highest BCUT2D eigenvalue weighted by molar-refractivity contribution is 7.18. The third kappa shape index (κ3) is 1.79. The number of aromatic nitrogens is 2. The Bertz CT molecular complexity index is 573. The largest absolute Gasteiger partial charge is 0.341 e. The molecule has 2 aromatic rings. The molecule has 0 aliphatic carbocycles. The van der Waals surface area contributed by atoms with Crippen molar-refractivity contribution in [2.24, 2.45) is 0 Å². The lowest BCUT2D eigenvalue weighted by atomic mass is 10.2. The average Bonchev–Trinajstić information content (AvgIpc) is 2.88. The number of anilines is 1. The lowest BCUT2D eigenvalue weighted by Crippen LogP contribution is -2.20. The van der Waals surface area contributed by atoms with E-state index in [0.29, 0.717) is 5.15 Å². The molecule has 1 fully saturated rings. The van der Waals surface area contributed by atoms with Gasteiger partial charge >= 0.3 is 0 Å². The van der Waals surface area contributed by atoms with Gasteiger partial charge < -0.3 is 4.90 Å². The van der Waals surface area contributed by atoms with Gasteiger partial charge in [0.25, 0.3) is 0 Å². The summed E-state index contributed by atoms with van der Waals surface area (Å²) in [4.78, 5) is 13.6. The van der Waals surface area contributed by atoms with Gasteiger partial charge in [0.05, 0.1) is 5.39 Å². The number of hydrogen-bond acceptors (Lipinski definition) is 4. The fourth-order valence-electron chi connectivity index (χ4n) is 2.25. The molecule has 3 rings (SSSR count). The standard InChI is InChI=1S/C12H14ClN3S/c1-7-8(2)17-11-9(7)10(13)14-12(15-11)16-5-3-4-6-16/h3-6H2,1-2H3. The molecule has 2 aromatic heterocycles. The van der Waals surface area contributed by atoms with Gasteiger partial charge in [-0.15, -0.1) is 11.3 Å². The predicted octanol–water partition coefficient (Wildman–Crippen LogP) is 3.56. The highest BCUT2D eigenvalue weighted by Crippen LogP contribution is 2.34. The van der Waals surface area contributed by atoms with Crippen molar-refractivity contribution in [2.75, 3.05) is 18.0 Å². The molecule has 0 saturated carbocycles. The van der Waals surface area contributed by atoms with Crippen molar-refractivity contribution in [1.29, 1.82) is 0 Å². The number of rotatable bonds is 1. The number of nitrogens with zero attached hydrogens (tertiary/aromatic N) is 3. The zero-order chi connectivity index (χ0) is 12.0. The maximum absolute atomic E-state index is 6.29. The molecule has 0 amide bonds. The maximum Gasteiger partial charge on any atom is 0.228 e. The predicted molar refractivity (Wildman–Crippen MR) is 73.3 cm³/mol. The molecule has 3 heterocycles. The summed E-state index contributed by atoms with van der Waals surface area (Å²) in [6, 6.07) is 0. The molecule has 0 radical (unpaired) electrons. The first-order valence-electron chi connectivity index (χ1n) is 5.85. The topological polar surface area (TPSA) is 29.0 Å². The summed E-state index contributed by atoms with van der Waals surface area (Å²) in [5.41, 5.74) is 1.21. The van der Waals surface area contributed by atoms with E-state index in [4.69, 9.17) is 11.6 Å². The molecule has 0 atom stereocenters. The van der Waals surface area contributed by atoms with Crippen LogP contribution in [-0.4, -0.2) is 23.1 Å². The Morgan fingerprint density at radius 2 is 1.88 bits per heavy atom. The van der Waals surface area contributed by atoms with E-state index in [1.54, 1.807) is 11.3 Å². The fraction of sp³-hybridized carbons (Fsp3) is 0.500. The van der Waals surface area contributed by atoms with Gasteiger partial charge in [-0.1, -0.05) is 11.6 Å². The molecular weight excluding hydrogens is 254 g/mol. The highest BCUT2D eigenvalue weighted by Gasteiger charge is 2.19. The minimum Gasteiger partial charge on any atom is -0.341 e. The Morgan fingerprint density at radius 3 is 2.59 bits per heavy atom. The van der Waals surface area contributed by atoms with E-state index in [2.05, 4.69) is 28.7 Å². The molecule has 1 saturated heterocycles. The number of halogens is 1. The molecule has 0 unspecified atom stereocenters. The normalized spacial score (nSPS) is 16.1. The highest BCUT2D eigenvalue weighted by atomic mass is 35.5. The molecule has 0 spiro atoms. The summed E-state index contributed by atoms with van der Waals surface area (Å²) in [6.45, 7) is 6.28. The summed E-state index contributed by atoms with van der Waals surface area (Å²) >= 11 is 7.99. The quantitative estimate of drug-likeness (QED) is 0.740. The SMILES string of the molecule is Cc1sc2nc(N3CCCC3)nc(Cl)c2c1C. The van der Waals surface area contributed by atoms with E-state index in [9.17, 15) is 0 Å². The lowest BCUT2D eigenvalue weighted by Gasteiger charge is -2.14. The smallest absolute Gasteiger partial charge is 0.228 e. The second kappa shape index (κ2) is 4.10. The summed E-state index contributed by atoms with van der Waals surface area (Å²) in [5, 5.41) is 1.62. The van der Waals surface area contributed by atoms with E-state index in [1.165, 1.54) is 23.3 Å². The Kier molecular flexibility index (Phi) is 2.71. The van der Waals surface area contributed by atoms with Gasteiger partial charge in [0.15, 0.2) is 0 Å². The van der Waals surface area contributed by atoms with Gasteiger partial charge in [0.1, 0.15) is 9.98 Å². The van der Waals surface area contributed by atoms with Crippen molar-refractivity contribution >= 4 is 39.1 Å². The summed E-state index contributed by atoms with van der Waals surface area (Å²) in [7, 11) is 0. The number of hydrogen-bond donors (Lipinski definition) is 0. The summed E-state index contributed by atoms with van der Waals surface area (Å²) < 4.78 is 0. The molecule has 1 aliphatic heterocycles. The van der Waals surface area contributed by atoms with E-state index in [-0.39, 0.29) is 0 Å². The van der Waals surface area contributed by atoms with E-state index in [0.717, 1.165) is 29.3 Å². The van der Waals surface area contributed by atoms with Crippen LogP contribution in [0.25, 0.3) is 10.2 Å². The zero-order valence-corrected chi connectivity index (χ0v) is 11.5. The first-order valence-corrected chi connectivity index (χ1v) is 7.04. The van der Waals surface area contributed by atoms with Crippen LogP contribution in [0.2, 0.25) is 5.15 Å². The molecule has 3 nitrogen and oxygen atoms in total. The van der Waals surface area contributed by atoms with Crippen LogP contribution in [0.3, 0.4) is 0 Å². The van der Waals surface area contributed by atoms with Crippen molar-refractivity contribution < 1.29 is 0 Å². The lowest BCUT2D eigenvalue weighted by molar-refractivity contribution is 0.908. The Morgan fingerprint density at radius 1 is 1.18 bits per heavy atom. The average molecular weight is 268 g/mol. The van der Waals surface area contributed by atoms with Crippen LogP contribution in [0.5, 0.6) is 0 Å². The second-order valence-electron chi connectivity index (χ2n) is 4.47. The molecule has 5 heteroatoms. The minimum absolute atomic E-state index is 0.596. The first-order chi connectivity index (χ1) is 8.16. The summed E-state index contributed by atoms with van der Waals surface area (Å²) in [5.74, 6) is 0.793. The van der Waals surface area contributed by atoms with Crippen molar-refractivity contribution in [3.63, 3.8) is 0 Å². The van der Waals surface area contributed by atoms with Crippen molar-refractivity contribution in [3.8, 4) is 0 Å². The first kappa shape index (κ1) is 11.2. The molecular formula is C12H14ClN3S. The molecule has 0 bridgehead atoms. The van der Waals surface area contributed by atoms with Gasteiger partial charge in [-0.2, -0.15) is 0 Å². The van der Waals surface area contributed by atoms with E-state index >= 15 is 0 Å². The van der Waals surface area contributed by atoms with Crippen LogP contribution < -0.4 is 4.90 Å². The summed E-state index contributed by atoms with van der Waals surface area (Å²) in [6.07, 6.45) is 2.45. The third-order valence-electron chi connectivity index (χ3n) is 3.36. The van der Waals surface area contributed by atoms with Gasteiger partial charge in [-0.25, -0.2) is 9.97 Å². The molecule has 90 valence electrons. The third-order valence-corrected chi connectivity index (χ3v) is 4.74. The molecule has 1 aliphatic rings. The Balaban J connectivity index is 2.16. The molecule has 17 heavy (non-hydrogen) atoms. The number of aryl methyl sites for hydroxylation is 2. The van der Waals surface area contributed by atoms with E-state index < -0.39 is 0 Å². The van der Waals surface area contributed by atoms with Crippen LogP contribution in [0, 0.1) is 13.8 Å². The van der Waals surface area contributed by atoms with Crippen molar-refractivity contribution in [2.45, 2.75) is 26.7 Å². The second-order valence-corrected chi connectivity index (χ2v) is 6.03. The van der Waals surface area contributed by atoms with Gasteiger partial charge in [0.2, 0.25) is 5.95 Å². The van der Waals surface area contributed by atoms with Gasteiger partial charge in [-0.05, 0) is 32.3 Å². The minimum atomic E-state index is 0.596. The number of fused-ring (bicyclic) bond motifs is 1.